The van der Waals surface area contributed by atoms with Crippen LogP contribution < -0.4 is 14.4 Å². The number of aryl methyl sites for hydroxylation is 2. The standard InChI is InChI=1S/C37H43N3O5S/c1-5-6-24-38-37(42)35(25-30-13-8-7-9-14-30)39(26-31-15-11-10-12-29(31)3)36(41)27-40(32-18-20-33(45-4)21-19-32)46(43,44)34-22-16-28(2)17-23-34/h7-23,35H,5-6,24-27H2,1-4H3,(H,38,42)/t35-/m1/s1. The van der Waals surface area contributed by atoms with Crippen molar-refractivity contribution in [3.05, 3.63) is 125 Å². The summed E-state index contributed by atoms with van der Waals surface area (Å²) in [5.41, 5.74) is 3.93. The van der Waals surface area contributed by atoms with Gasteiger partial charge in [-0.05, 0) is 73.4 Å². The summed E-state index contributed by atoms with van der Waals surface area (Å²) >= 11 is 0. The number of ether oxygens (including phenoxy) is 1. The summed E-state index contributed by atoms with van der Waals surface area (Å²) in [5, 5.41) is 3.02. The molecule has 4 aromatic rings. The number of hydrogen-bond donors (Lipinski definition) is 1. The number of carbonyl (C=O) groups excluding carboxylic acids is 2. The summed E-state index contributed by atoms with van der Waals surface area (Å²) in [6.45, 7) is 5.98. The number of benzene rings is 4. The Kier molecular flexibility index (Phi) is 12.0. The van der Waals surface area contributed by atoms with Crippen molar-refractivity contribution in [3.8, 4) is 5.75 Å². The van der Waals surface area contributed by atoms with Gasteiger partial charge in [-0.1, -0.05) is 85.6 Å². The summed E-state index contributed by atoms with van der Waals surface area (Å²) in [7, 11) is -2.65. The number of anilines is 1. The number of sulfonamides is 1. The smallest absolute Gasteiger partial charge is 0.264 e. The molecule has 242 valence electrons. The molecule has 2 amide bonds. The van der Waals surface area contributed by atoms with Crippen molar-refractivity contribution in [1.82, 2.24) is 10.2 Å². The molecule has 8 nitrogen and oxygen atoms in total. The highest BCUT2D eigenvalue weighted by molar-refractivity contribution is 7.92. The van der Waals surface area contributed by atoms with E-state index < -0.39 is 28.5 Å². The van der Waals surface area contributed by atoms with Gasteiger partial charge in [0.1, 0.15) is 18.3 Å². The lowest BCUT2D eigenvalue weighted by Crippen LogP contribution is -2.53. The second kappa shape index (κ2) is 16.1. The fourth-order valence-electron chi connectivity index (χ4n) is 5.15. The molecule has 0 aliphatic carbocycles. The Labute approximate surface area is 273 Å². The van der Waals surface area contributed by atoms with E-state index in [-0.39, 0.29) is 23.8 Å². The predicted octanol–water partition coefficient (Wildman–Crippen LogP) is 6.06. The second-order valence-electron chi connectivity index (χ2n) is 11.3. The van der Waals surface area contributed by atoms with E-state index >= 15 is 0 Å². The van der Waals surface area contributed by atoms with Crippen LogP contribution in [0.25, 0.3) is 0 Å². The number of methoxy groups -OCH3 is 1. The first-order valence-corrected chi connectivity index (χ1v) is 17.0. The van der Waals surface area contributed by atoms with Crippen molar-refractivity contribution in [1.29, 1.82) is 0 Å². The summed E-state index contributed by atoms with van der Waals surface area (Å²) in [6, 6.07) is 29.4. The lowest BCUT2D eigenvalue weighted by molar-refractivity contribution is -0.140. The fraction of sp³-hybridized carbons (Fsp3) is 0.297. The zero-order valence-corrected chi connectivity index (χ0v) is 27.8. The maximum atomic E-state index is 14.6. The van der Waals surface area contributed by atoms with Crippen LogP contribution in [0.4, 0.5) is 5.69 Å². The van der Waals surface area contributed by atoms with Gasteiger partial charge in [0, 0.05) is 19.5 Å². The number of unbranched alkanes of at least 4 members (excludes halogenated alkanes) is 1. The van der Waals surface area contributed by atoms with Crippen LogP contribution in [0.15, 0.2) is 108 Å². The average Bonchev–Trinajstić information content (AvgIpc) is 3.06. The Morgan fingerprint density at radius 1 is 0.848 bits per heavy atom. The highest BCUT2D eigenvalue weighted by Crippen LogP contribution is 2.27. The van der Waals surface area contributed by atoms with Gasteiger partial charge in [-0.2, -0.15) is 0 Å². The van der Waals surface area contributed by atoms with E-state index in [9.17, 15) is 18.0 Å². The predicted molar refractivity (Wildman–Crippen MR) is 182 cm³/mol. The molecule has 0 saturated carbocycles. The first-order valence-electron chi connectivity index (χ1n) is 15.5. The van der Waals surface area contributed by atoms with Crippen LogP contribution in [0.3, 0.4) is 0 Å². The molecule has 0 aliphatic rings. The molecule has 4 aromatic carbocycles. The molecule has 0 spiro atoms. The van der Waals surface area contributed by atoms with E-state index in [4.69, 9.17) is 4.74 Å². The summed E-state index contributed by atoms with van der Waals surface area (Å²) < 4.78 is 34.8. The van der Waals surface area contributed by atoms with Crippen LogP contribution in [0.1, 0.15) is 42.0 Å². The highest BCUT2D eigenvalue weighted by Gasteiger charge is 2.34. The van der Waals surface area contributed by atoms with Gasteiger partial charge in [0.25, 0.3) is 10.0 Å². The number of amides is 2. The third-order valence-corrected chi connectivity index (χ3v) is 9.74. The minimum atomic E-state index is -4.18. The lowest BCUT2D eigenvalue weighted by atomic mass is 10.0. The molecule has 0 radical (unpaired) electrons. The molecule has 0 unspecified atom stereocenters. The molecule has 9 heteroatoms. The molecular formula is C37H43N3O5S. The minimum Gasteiger partial charge on any atom is -0.497 e. The van der Waals surface area contributed by atoms with E-state index in [2.05, 4.69) is 5.32 Å². The molecular weight excluding hydrogens is 598 g/mol. The van der Waals surface area contributed by atoms with Gasteiger partial charge < -0.3 is 15.0 Å². The summed E-state index contributed by atoms with van der Waals surface area (Å²) in [6.07, 6.45) is 1.97. The normalized spacial score (nSPS) is 11.8. The quantitative estimate of drug-likeness (QED) is 0.159. The third-order valence-electron chi connectivity index (χ3n) is 7.95. The first-order chi connectivity index (χ1) is 22.1. The van der Waals surface area contributed by atoms with Gasteiger partial charge >= 0.3 is 0 Å². The van der Waals surface area contributed by atoms with Gasteiger partial charge in [-0.3, -0.25) is 13.9 Å². The second-order valence-corrected chi connectivity index (χ2v) is 13.2. The first kappa shape index (κ1) is 34.2. The van der Waals surface area contributed by atoms with Gasteiger partial charge in [0.05, 0.1) is 17.7 Å². The van der Waals surface area contributed by atoms with Crippen LogP contribution in [0, 0.1) is 13.8 Å². The van der Waals surface area contributed by atoms with Crippen LogP contribution in [-0.2, 0) is 32.6 Å². The van der Waals surface area contributed by atoms with Gasteiger partial charge in [0.2, 0.25) is 11.8 Å². The Bertz CT molecular complexity index is 1690. The monoisotopic (exact) mass is 641 g/mol. The molecule has 0 heterocycles. The third kappa shape index (κ3) is 8.75. The Morgan fingerprint density at radius 2 is 1.50 bits per heavy atom. The van der Waals surface area contributed by atoms with E-state index in [0.717, 1.165) is 39.4 Å². The van der Waals surface area contributed by atoms with Crippen molar-refractivity contribution >= 4 is 27.5 Å². The van der Waals surface area contributed by atoms with E-state index in [1.165, 1.54) is 24.1 Å². The minimum absolute atomic E-state index is 0.0605. The Morgan fingerprint density at radius 3 is 2.13 bits per heavy atom. The molecule has 1 N–H and O–H groups in total. The van der Waals surface area contributed by atoms with Gasteiger partial charge in [-0.25, -0.2) is 8.42 Å². The molecule has 46 heavy (non-hydrogen) atoms. The molecule has 0 aromatic heterocycles. The largest absolute Gasteiger partial charge is 0.497 e. The topological polar surface area (TPSA) is 96.0 Å². The summed E-state index contributed by atoms with van der Waals surface area (Å²) in [5.74, 6) is -0.228. The summed E-state index contributed by atoms with van der Waals surface area (Å²) in [4.78, 5) is 30.0. The number of nitrogens with one attached hydrogen (secondary N) is 1. The van der Waals surface area contributed by atoms with E-state index in [0.29, 0.717) is 18.0 Å². The van der Waals surface area contributed by atoms with Crippen molar-refractivity contribution in [2.45, 2.75) is 57.5 Å². The fourth-order valence-corrected chi connectivity index (χ4v) is 6.56. The van der Waals surface area contributed by atoms with Crippen LogP contribution >= 0.6 is 0 Å². The number of carbonyl (C=O) groups is 2. The van der Waals surface area contributed by atoms with E-state index in [1.807, 2.05) is 75.4 Å². The molecule has 4 rings (SSSR count). The zero-order valence-electron chi connectivity index (χ0n) is 27.0. The number of nitrogens with zero attached hydrogens (tertiary/aromatic N) is 2. The van der Waals surface area contributed by atoms with E-state index in [1.54, 1.807) is 36.4 Å². The molecule has 1 atom stereocenters. The highest BCUT2D eigenvalue weighted by atomic mass is 32.2. The van der Waals surface area contributed by atoms with Crippen LogP contribution in [0.5, 0.6) is 5.75 Å². The average molecular weight is 642 g/mol. The lowest BCUT2D eigenvalue weighted by Gasteiger charge is -2.34. The van der Waals surface area contributed by atoms with Crippen LogP contribution in [-0.4, -0.2) is 51.4 Å². The Hall–Kier alpha value is -4.63. The van der Waals surface area contributed by atoms with Gasteiger partial charge in [-0.15, -0.1) is 0 Å². The molecule has 0 aliphatic heterocycles. The molecule has 0 saturated heterocycles. The number of hydrogen-bond acceptors (Lipinski definition) is 5. The maximum absolute atomic E-state index is 14.6. The molecule has 0 bridgehead atoms. The van der Waals surface area contributed by atoms with Crippen molar-refractivity contribution in [2.75, 3.05) is 24.5 Å². The van der Waals surface area contributed by atoms with Gasteiger partial charge in [0.15, 0.2) is 0 Å². The zero-order chi connectivity index (χ0) is 33.1. The van der Waals surface area contributed by atoms with Crippen LogP contribution in [0.2, 0.25) is 0 Å². The molecule has 0 fully saturated rings. The number of rotatable bonds is 15. The SMILES string of the molecule is CCCCNC(=O)[C@@H](Cc1ccccc1)N(Cc1ccccc1C)C(=O)CN(c1ccc(OC)cc1)S(=O)(=O)c1ccc(C)cc1. The van der Waals surface area contributed by atoms with Crippen molar-refractivity contribution in [3.63, 3.8) is 0 Å². The maximum Gasteiger partial charge on any atom is 0.264 e. The van der Waals surface area contributed by atoms with Crippen molar-refractivity contribution in [2.24, 2.45) is 0 Å². The van der Waals surface area contributed by atoms with Crippen molar-refractivity contribution < 1.29 is 22.7 Å². The Balaban J connectivity index is 1.80.